The molecule has 160 valence electrons. The van der Waals surface area contributed by atoms with Gasteiger partial charge in [0.25, 0.3) is 0 Å². The molecule has 5 rings (SSSR count). The maximum atomic E-state index is 6.08. The molecule has 0 unspecified atom stereocenters. The van der Waals surface area contributed by atoms with Gasteiger partial charge in [0.15, 0.2) is 5.65 Å². The van der Waals surface area contributed by atoms with Crippen molar-refractivity contribution in [3.8, 4) is 28.5 Å². The highest BCUT2D eigenvalue weighted by atomic mass is 35.5. The van der Waals surface area contributed by atoms with Gasteiger partial charge < -0.3 is 9.15 Å². The van der Waals surface area contributed by atoms with E-state index in [-0.39, 0.29) is 6.61 Å². The van der Waals surface area contributed by atoms with Gasteiger partial charge in [0.05, 0.1) is 11.1 Å². The summed E-state index contributed by atoms with van der Waals surface area (Å²) in [6, 6.07) is 19.5. The molecule has 0 N–H and O–H groups in total. The van der Waals surface area contributed by atoms with Crippen LogP contribution in [0.15, 0.2) is 65.1 Å². The zero-order chi connectivity index (χ0) is 22.2. The van der Waals surface area contributed by atoms with Gasteiger partial charge in [-0.1, -0.05) is 41.9 Å². The fourth-order valence-corrected chi connectivity index (χ4v) is 3.89. The third-order valence-electron chi connectivity index (χ3n) is 5.37. The molecule has 0 saturated carbocycles. The molecule has 0 radical (unpaired) electrons. The Hall–Kier alpha value is -3.64. The molecule has 0 spiro atoms. The number of oxazole rings is 1. The molecule has 2 aromatic carbocycles. The van der Waals surface area contributed by atoms with E-state index in [0.717, 1.165) is 39.1 Å². The van der Waals surface area contributed by atoms with Crippen molar-refractivity contribution in [1.29, 1.82) is 0 Å². The van der Waals surface area contributed by atoms with E-state index in [0.29, 0.717) is 22.6 Å². The largest absolute Gasteiger partial charge is 0.471 e. The van der Waals surface area contributed by atoms with Crippen LogP contribution in [-0.2, 0) is 13.7 Å². The predicted molar refractivity (Wildman–Crippen MR) is 125 cm³/mol. The summed E-state index contributed by atoms with van der Waals surface area (Å²) in [6.07, 6.45) is 0. The highest BCUT2D eigenvalue weighted by Crippen LogP contribution is 2.33. The Morgan fingerprint density at radius 1 is 0.969 bits per heavy atom. The molecule has 0 amide bonds. The molecule has 0 aliphatic carbocycles. The first kappa shape index (κ1) is 20.3. The molecule has 7 heteroatoms. The van der Waals surface area contributed by atoms with Crippen molar-refractivity contribution in [3.63, 3.8) is 0 Å². The van der Waals surface area contributed by atoms with Crippen molar-refractivity contribution in [2.24, 2.45) is 7.05 Å². The van der Waals surface area contributed by atoms with Crippen LogP contribution in [-0.4, -0.2) is 19.7 Å². The van der Waals surface area contributed by atoms with Crippen molar-refractivity contribution < 1.29 is 9.15 Å². The monoisotopic (exact) mass is 444 g/mol. The van der Waals surface area contributed by atoms with Gasteiger partial charge in [-0.25, -0.2) is 4.98 Å². The van der Waals surface area contributed by atoms with Gasteiger partial charge in [0.2, 0.25) is 11.8 Å². The van der Waals surface area contributed by atoms with Gasteiger partial charge in [-0.3, -0.25) is 4.68 Å². The normalized spacial score (nSPS) is 11.2. The van der Waals surface area contributed by atoms with Gasteiger partial charge in [0.1, 0.15) is 18.1 Å². The Bertz CT molecular complexity index is 1410. The molecule has 3 heterocycles. The molecule has 0 bridgehead atoms. The lowest BCUT2D eigenvalue weighted by Crippen LogP contribution is -2.01. The predicted octanol–water partition coefficient (Wildman–Crippen LogP) is 6.14. The van der Waals surface area contributed by atoms with E-state index >= 15 is 0 Å². The number of aryl methyl sites for hydroxylation is 3. The number of aromatic nitrogens is 4. The van der Waals surface area contributed by atoms with E-state index in [4.69, 9.17) is 25.7 Å². The molecule has 32 heavy (non-hydrogen) atoms. The Balaban J connectivity index is 1.48. The topological polar surface area (TPSA) is 66.0 Å². The van der Waals surface area contributed by atoms with Crippen molar-refractivity contribution in [1.82, 2.24) is 19.7 Å². The number of hydrogen-bond donors (Lipinski definition) is 0. The lowest BCUT2D eigenvalue weighted by atomic mass is 10.0. The van der Waals surface area contributed by atoms with Gasteiger partial charge >= 0.3 is 0 Å². The van der Waals surface area contributed by atoms with Crippen LogP contribution in [0.1, 0.15) is 17.1 Å². The number of hydrogen-bond acceptors (Lipinski definition) is 5. The maximum Gasteiger partial charge on any atom is 0.226 e. The number of fused-ring (bicyclic) bond motifs is 1. The first-order valence-electron chi connectivity index (χ1n) is 10.2. The highest BCUT2D eigenvalue weighted by molar-refractivity contribution is 6.30. The molecule has 0 aliphatic heterocycles. The summed E-state index contributed by atoms with van der Waals surface area (Å²) in [6.45, 7) is 4.11. The number of halogens is 1. The van der Waals surface area contributed by atoms with E-state index in [1.54, 1.807) is 4.68 Å². The minimum atomic E-state index is 0.243. The van der Waals surface area contributed by atoms with E-state index < -0.39 is 0 Å². The maximum absolute atomic E-state index is 6.08. The fourth-order valence-electron chi connectivity index (χ4n) is 3.76. The summed E-state index contributed by atoms with van der Waals surface area (Å²) in [5, 5.41) is 6.24. The Labute approximate surface area is 190 Å². The Morgan fingerprint density at radius 2 is 1.72 bits per heavy atom. The van der Waals surface area contributed by atoms with Crippen LogP contribution in [0, 0.1) is 13.8 Å². The quantitative estimate of drug-likeness (QED) is 0.325. The summed E-state index contributed by atoms with van der Waals surface area (Å²) in [5.41, 5.74) is 5.41. The smallest absolute Gasteiger partial charge is 0.226 e. The molecule has 0 saturated heterocycles. The van der Waals surface area contributed by atoms with Crippen LogP contribution in [0.2, 0.25) is 5.02 Å². The van der Waals surface area contributed by atoms with Crippen LogP contribution in [0.5, 0.6) is 5.88 Å². The average molecular weight is 445 g/mol. The number of rotatable bonds is 5. The van der Waals surface area contributed by atoms with E-state index in [1.807, 2.05) is 69.4 Å². The first-order chi connectivity index (χ1) is 15.5. The first-order valence-corrected chi connectivity index (χ1v) is 10.6. The lowest BCUT2D eigenvalue weighted by molar-refractivity contribution is 0.288. The van der Waals surface area contributed by atoms with E-state index in [1.165, 1.54) is 0 Å². The van der Waals surface area contributed by atoms with Crippen LogP contribution in [0.3, 0.4) is 0 Å². The SMILES string of the molecule is Cc1oc(-c2ccc(Cl)cc2)nc1COc1cc(-c2ccccc2)c2c(C)nn(C)c2n1. The summed E-state index contributed by atoms with van der Waals surface area (Å²) < 4.78 is 13.7. The number of pyridine rings is 1. The second-order valence-electron chi connectivity index (χ2n) is 7.60. The third kappa shape index (κ3) is 3.74. The highest BCUT2D eigenvalue weighted by Gasteiger charge is 2.17. The molecular formula is C25H21ClN4O2. The lowest BCUT2D eigenvalue weighted by Gasteiger charge is -2.09. The van der Waals surface area contributed by atoms with Crippen LogP contribution < -0.4 is 4.74 Å². The van der Waals surface area contributed by atoms with Crippen molar-refractivity contribution in [2.75, 3.05) is 0 Å². The molecule has 0 fully saturated rings. The van der Waals surface area contributed by atoms with Gasteiger partial charge in [-0.15, -0.1) is 0 Å². The van der Waals surface area contributed by atoms with Gasteiger partial charge in [0, 0.05) is 23.7 Å². The molecular weight excluding hydrogens is 424 g/mol. The molecule has 3 aromatic heterocycles. The molecule has 0 aliphatic rings. The summed E-state index contributed by atoms with van der Waals surface area (Å²) in [5.74, 6) is 1.75. The van der Waals surface area contributed by atoms with E-state index in [9.17, 15) is 0 Å². The molecule has 6 nitrogen and oxygen atoms in total. The van der Waals surface area contributed by atoms with E-state index in [2.05, 4.69) is 22.2 Å². The summed E-state index contributed by atoms with van der Waals surface area (Å²) in [4.78, 5) is 9.32. The van der Waals surface area contributed by atoms with Crippen LogP contribution in [0.4, 0.5) is 0 Å². The zero-order valence-electron chi connectivity index (χ0n) is 18.0. The standard InChI is InChI=1S/C25H21ClN4O2/c1-15-23-20(17-7-5-4-6-8-17)13-22(28-24(23)30(3)29-15)31-14-21-16(2)32-25(27-21)18-9-11-19(26)12-10-18/h4-13H,14H2,1-3H3. The van der Waals surface area contributed by atoms with Crippen molar-refractivity contribution >= 4 is 22.6 Å². The van der Waals surface area contributed by atoms with Crippen molar-refractivity contribution in [2.45, 2.75) is 20.5 Å². The number of ether oxygens (including phenoxy) is 1. The Morgan fingerprint density at radius 3 is 2.47 bits per heavy atom. The second kappa shape index (κ2) is 8.13. The zero-order valence-corrected chi connectivity index (χ0v) is 18.7. The number of nitrogens with zero attached hydrogens (tertiary/aromatic N) is 4. The molecule has 0 atom stereocenters. The Kier molecular flexibility index (Phi) is 5.15. The fraction of sp³-hybridized carbons (Fsp3) is 0.160. The summed E-state index contributed by atoms with van der Waals surface area (Å²) >= 11 is 5.98. The molecule has 5 aromatic rings. The van der Waals surface area contributed by atoms with Gasteiger partial charge in [-0.2, -0.15) is 10.1 Å². The summed E-state index contributed by atoms with van der Waals surface area (Å²) in [7, 11) is 1.89. The van der Waals surface area contributed by atoms with Crippen molar-refractivity contribution in [3.05, 3.63) is 82.8 Å². The van der Waals surface area contributed by atoms with Gasteiger partial charge in [-0.05, 0) is 49.2 Å². The van der Waals surface area contributed by atoms with Crippen LogP contribution in [0.25, 0.3) is 33.6 Å². The average Bonchev–Trinajstić information content (AvgIpc) is 3.31. The minimum Gasteiger partial charge on any atom is -0.471 e. The second-order valence-corrected chi connectivity index (χ2v) is 8.04. The third-order valence-corrected chi connectivity index (χ3v) is 5.62. The number of benzene rings is 2. The minimum absolute atomic E-state index is 0.243. The van der Waals surface area contributed by atoms with Crippen LogP contribution >= 0.6 is 11.6 Å².